The topological polar surface area (TPSA) is 65.0 Å². The average Bonchev–Trinajstić information content (AvgIpc) is 3.25. The Morgan fingerprint density at radius 1 is 0.833 bits per heavy atom. The Morgan fingerprint density at radius 3 is 2.25 bits per heavy atom. The van der Waals surface area contributed by atoms with Gasteiger partial charge in [0.15, 0.2) is 0 Å². The van der Waals surface area contributed by atoms with Gasteiger partial charge in [-0.05, 0) is 80.3 Å². The highest BCUT2D eigenvalue weighted by atomic mass is 16.2. The van der Waals surface area contributed by atoms with E-state index >= 15 is 0 Å². The number of fused-ring (bicyclic) bond motifs is 1. The minimum atomic E-state index is -0.140. The monoisotopic (exact) mass is 646 g/mol. The summed E-state index contributed by atoms with van der Waals surface area (Å²) in [5.74, 6) is 1.39. The lowest BCUT2D eigenvalue weighted by atomic mass is 9.83. The molecular formula is C42H54N4O2. The summed E-state index contributed by atoms with van der Waals surface area (Å²) in [6.07, 6.45) is 16.7. The largest absolute Gasteiger partial charge is 0.349 e. The van der Waals surface area contributed by atoms with Gasteiger partial charge in [0.05, 0.1) is 29.7 Å². The molecule has 6 heteroatoms. The van der Waals surface area contributed by atoms with E-state index < -0.39 is 0 Å². The summed E-state index contributed by atoms with van der Waals surface area (Å²) in [4.78, 5) is 29.6. The molecule has 0 radical (unpaired) electrons. The average molecular weight is 647 g/mol. The third-order valence-corrected chi connectivity index (χ3v) is 10.6. The van der Waals surface area contributed by atoms with Crippen LogP contribution in [0.15, 0.2) is 84.0 Å². The van der Waals surface area contributed by atoms with E-state index in [1.165, 1.54) is 56.9 Å². The molecule has 1 atom stereocenters. The molecule has 2 saturated carbocycles. The van der Waals surface area contributed by atoms with Crippen molar-refractivity contribution in [1.82, 2.24) is 10.3 Å². The van der Waals surface area contributed by atoms with E-state index in [9.17, 15) is 9.59 Å². The number of para-hydroxylation sites is 1. The number of carbonyl (C=O) groups is 2. The SMILES string of the molecule is CCCN[C@@H](CC1CCCCC1)C(=O)CCCc1ccc(N2C(=O)N(Cc3ccccc3)N=C(C3CCCCC3)c3ccccc32)cc1. The van der Waals surface area contributed by atoms with E-state index in [0.29, 0.717) is 30.6 Å². The molecule has 48 heavy (non-hydrogen) atoms. The number of ketones is 1. The number of rotatable bonds is 14. The highest BCUT2D eigenvalue weighted by Crippen LogP contribution is 2.38. The molecule has 0 bridgehead atoms. The first-order valence-corrected chi connectivity index (χ1v) is 18.8. The maximum atomic E-state index is 14.5. The first-order valence-electron chi connectivity index (χ1n) is 18.8. The second-order valence-electron chi connectivity index (χ2n) is 14.2. The molecule has 0 unspecified atom stereocenters. The molecule has 1 N–H and O–H groups in total. The van der Waals surface area contributed by atoms with E-state index in [1.54, 1.807) is 5.01 Å². The Labute approximate surface area is 288 Å². The van der Waals surface area contributed by atoms with Crippen LogP contribution in [0.3, 0.4) is 0 Å². The molecule has 6 rings (SSSR count). The van der Waals surface area contributed by atoms with Crippen molar-refractivity contribution < 1.29 is 9.59 Å². The quantitative estimate of drug-likeness (QED) is 0.190. The molecule has 1 heterocycles. The standard InChI is InChI=1S/C42H54N4O2/c1-2-29-43-38(30-33-15-6-3-7-16-33)40(47)24-14-19-32-25-27-36(28-26-32)46-39-23-13-12-22-37(39)41(35-20-10-5-11-21-35)44-45(42(46)48)31-34-17-8-4-9-18-34/h4,8-9,12-13,17-18,22-23,25-28,33,35,38,43H,2-3,5-7,10-11,14-16,19-21,24,29-31H2,1H3/t38-/m0/s1. The van der Waals surface area contributed by atoms with Gasteiger partial charge in [0.25, 0.3) is 0 Å². The predicted octanol–water partition coefficient (Wildman–Crippen LogP) is 9.98. The van der Waals surface area contributed by atoms with Gasteiger partial charge >= 0.3 is 6.03 Å². The summed E-state index contributed by atoms with van der Waals surface area (Å²) in [5, 5.41) is 10.4. The third-order valence-electron chi connectivity index (χ3n) is 10.6. The van der Waals surface area contributed by atoms with Crippen LogP contribution < -0.4 is 10.2 Å². The number of amides is 2. The second-order valence-corrected chi connectivity index (χ2v) is 14.2. The van der Waals surface area contributed by atoms with Gasteiger partial charge in [0.1, 0.15) is 5.78 Å². The van der Waals surface area contributed by atoms with Gasteiger partial charge in [0, 0.05) is 17.9 Å². The van der Waals surface area contributed by atoms with Crippen LogP contribution in [0.4, 0.5) is 16.2 Å². The Bertz CT molecular complexity index is 1510. The Balaban J connectivity index is 1.18. The van der Waals surface area contributed by atoms with Crippen molar-refractivity contribution in [3.63, 3.8) is 0 Å². The van der Waals surface area contributed by atoms with Crippen molar-refractivity contribution in [3.05, 3.63) is 95.6 Å². The minimum absolute atomic E-state index is 0.0101. The van der Waals surface area contributed by atoms with Crippen molar-refractivity contribution >= 4 is 28.9 Å². The van der Waals surface area contributed by atoms with Crippen molar-refractivity contribution in [2.75, 3.05) is 11.4 Å². The van der Waals surface area contributed by atoms with E-state index in [-0.39, 0.29) is 12.1 Å². The lowest BCUT2D eigenvalue weighted by Gasteiger charge is -2.27. The summed E-state index contributed by atoms with van der Waals surface area (Å²) in [6.45, 7) is 3.49. The van der Waals surface area contributed by atoms with E-state index in [0.717, 1.165) is 73.3 Å². The summed E-state index contributed by atoms with van der Waals surface area (Å²) in [6, 6.07) is 26.7. The van der Waals surface area contributed by atoms with E-state index in [1.807, 2.05) is 29.2 Å². The first kappa shape index (κ1) is 34.1. The number of hydrogen-bond acceptors (Lipinski definition) is 4. The number of urea groups is 1. The summed E-state index contributed by atoms with van der Waals surface area (Å²) >= 11 is 0. The summed E-state index contributed by atoms with van der Waals surface area (Å²) in [5.41, 5.74) is 6.06. The lowest BCUT2D eigenvalue weighted by molar-refractivity contribution is -0.121. The van der Waals surface area contributed by atoms with E-state index in [4.69, 9.17) is 5.10 Å². The molecule has 0 saturated heterocycles. The normalized spacial score (nSPS) is 18.3. The van der Waals surface area contributed by atoms with Crippen molar-refractivity contribution in [3.8, 4) is 0 Å². The van der Waals surface area contributed by atoms with Gasteiger partial charge in [-0.3, -0.25) is 9.69 Å². The number of nitrogens with one attached hydrogen (secondary N) is 1. The van der Waals surface area contributed by atoms with Crippen LogP contribution in [-0.4, -0.2) is 35.1 Å². The molecule has 0 spiro atoms. The molecule has 3 aliphatic rings. The number of carbonyl (C=O) groups excluding carboxylic acids is 2. The second kappa shape index (κ2) is 17.1. The molecule has 254 valence electrons. The highest BCUT2D eigenvalue weighted by molar-refractivity contribution is 6.13. The van der Waals surface area contributed by atoms with Gasteiger partial charge in [0.2, 0.25) is 0 Å². The fourth-order valence-corrected chi connectivity index (χ4v) is 7.97. The third kappa shape index (κ3) is 8.63. The van der Waals surface area contributed by atoms with Gasteiger partial charge in [-0.2, -0.15) is 5.10 Å². The van der Waals surface area contributed by atoms with Crippen LogP contribution in [0.1, 0.15) is 114 Å². The van der Waals surface area contributed by atoms with Crippen LogP contribution in [0.2, 0.25) is 0 Å². The van der Waals surface area contributed by atoms with Crippen LogP contribution in [0.25, 0.3) is 0 Å². The molecular weight excluding hydrogens is 592 g/mol. The molecule has 6 nitrogen and oxygen atoms in total. The van der Waals surface area contributed by atoms with Crippen LogP contribution in [-0.2, 0) is 17.8 Å². The summed E-state index contributed by atoms with van der Waals surface area (Å²) < 4.78 is 0. The number of benzene rings is 3. The van der Waals surface area contributed by atoms with E-state index in [2.05, 4.69) is 66.8 Å². The number of anilines is 2. The zero-order chi connectivity index (χ0) is 33.1. The van der Waals surface area contributed by atoms with Gasteiger partial charge in [-0.25, -0.2) is 9.80 Å². The number of Topliss-reactive ketones (excluding diaryl/α,β-unsaturated/α-hetero) is 1. The lowest BCUT2D eigenvalue weighted by Crippen LogP contribution is -2.39. The zero-order valence-electron chi connectivity index (χ0n) is 28.9. The van der Waals surface area contributed by atoms with Crippen molar-refractivity contribution in [2.45, 2.75) is 116 Å². The molecule has 1 aliphatic heterocycles. The van der Waals surface area contributed by atoms with Crippen LogP contribution in [0.5, 0.6) is 0 Å². The number of hydrazone groups is 1. The van der Waals surface area contributed by atoms with Crippen molar-refractivity contribution in [1.29, 1.82) is 0 Å². The number of hydrogen-bond donors (Lipinski definition) is 1. The highest BCUT2D eigenvalue weighted by Gasteiger charge is 2.34. The van der Waals surface area contributed by atoms with Gasteiger partial charge in [-0.1, -0.05) is 119 Å². The minimum Gasteiger partial charge on any atom is -0.307 e. The molecule has 2 aliphatic carbocycles. The Kier molecular flexibility index (Phi) is 12.1. The predicted molar refractivity (Wildman–Crippen MR) is 197 cm³/mol. The number of nitrogens with zero attached hydrogens (tertiary/aromatic N) is 3. The fraction of sp³-hybridized carbons (Fsp3) is 0.500. The smallest absolute Gasteiger partial charge is 0.307 e. The van der Waals surface area contributed by atoms with Crippen molar-refractivity contribution in [2.24, 2.45) is 16.9 Å². The van der Waals surface area contributed by atoms with Gasteiger partial charge in [-0.15, -0.1) is 0 Å². The van der Waals surface area contributed by atoms with Crippen LogP contribution in [0, 0.1) is 11.8 Å². The number of aryl methyl sites for hydroxylation is 1. The van der Waals surface area contributed by atoms with Gasteiger partial charge < -0.3 is 5.32 Å². The maximum absolute atomic E-state index is 14.5. The first-order chi connectivity index (χ1) is 23.6. The summed E-state index contributed by atoms with van der Waals surface area (Å²) in [7, 11) is 0. The zero-order valence-corrected chi connectivity index (χ0v) is 28.9. The molecule has 0 aromatic heterocycles. The Hall–Kier alpha value is -3.77. The Morgan fingerprint density at radius 2 is 1.52 bits per heavy atom. The molecule has 3 aromatic carbocycles. The molecule has 2 fully saturated rings. The fourth-order valence-electron chi connectivity index (χ4n) is 7.97. The van der Waals surface area contributed by atoms with Crippen LogP contribution >= 0.6 is 0 Å². The molecule has 3 aromatic rings. The maximum Gasteiger partial charge on any atom is 0.349 e. The molecule has 2 amide bonds.